The van der Waals surface area contributed by atoms with Crippen molar-refractivity contribution in [3.05, 3.63) is 11.6 Å². The van der Waals surface area contributed by atoms with Gasteiger partial charge in [-0.2, -0.15) is 4.80 Å². The van der Waals surface area contributed by atoms with E-state index in [0.717, 1.165) is 31.0 Å². The summed E-state index contributed by atoms with van der Waals surface area (Å²) in [7, 11) is 0. The third kappa shape index (κ3) is 7.92. The van der Waals surface area contributed by atoms with E-state index < -0.39 is 0 Å². The average molecular weight is 550 g/mol. The van der Waals surface area contributed by atoms with E-state index in [1.807, 2.05) is 25.7 Å². The molecule has 27 heavy (non-hydrogen) atoms. The molecule has 0 aromatic carbocycles. The van der Waals surface area contributed by atoms with Crippen molar-refractivity contribution in [3.8, 4) is 0 Å². The monoisotopic (exact) mass is 550 g/mol. The first kappa shape index (κ1) is 23.5. The van der Waals surface area contributed by atoms with Crippen LogP contribution in [0.4, 0.5) is 4.79 Å². The quantitative estimate of drug-likeness (QED) is 0.406. The summed E-state index contributed by atoms with van der Waals surface area (Å²) < 4.78 is 9.98. The second kappa shape index (κ2) is 10.7. The second-order valence-electron chi connectivity index (χ2n) is 7.22. The summed E-state index contributed by atoms with van der Waals surface area (Å²) in [5.41, 5.74) is -0.390. The molecule has 2 atom stereocenters. The van der Waals surface area contributed by atoms with Crippen molar-refractivity contribution in [1.82, 2.24) is 25.1 Å². The molecule has 0 aliphatic carbocycles. The fourth-order valence-corrected chi connectivity index (χ4v) is 2.79. The van der Waals surface area contributed by atoms with E-state index in [4.69, 9.17) is 4.74 Å². The van der Waals surface area contributed by atoms with E-state index in [9.17, 15) is 9.59 Å². The Bertz CT molecular complexity index is 580. The van der Waals surface area contributed by atoms with Crippen molar-refractivity contribution in [2.75, 3.05) is 32.8 Å². The molecule has 2 aliphatic rings. The average Bonchev–Trinajstić information content (AvgIpc) is 3.22. The van der Waals surface area contributed by atoms with E-state index >= 15 is 0 Å². The van der Waals surface area contributed by atoms with Gasteiger partial charge in [-0.15, -0.1) is 13.1 Å². The molecular formula is C16H26N6O4W. The number of esters is 1. The first-order valence-electron chi connectivity index (χ1n) is 8.69. The summed E-state index contributed by atoms with van der Waals surface area (Å²) in [5.74, 6) is 0.786. The van der Waals surface area contributed by atoms with Crippen LogP contribution in [0.1, 0.15) is 27.7 Å². The second-order valence-corrected chi connectivity index (χ2v) is 7.22. The molecule has 0 radical (unpaired) electrons. The van der Waals surface area contributed by atoms with Gasteiger partial charge in [0.05, 0.1) is 6.61 Å². The van der Waals surface area contributed by atoms with E-state index in [1.165, 1.54) is 0 Å². The zero-order valence-corrected chi connectivity index (χ0v) is 19.1. The number of hydrogen-bond donors (Lipinski definition) is 0. The van der Waals surface area contributed by atoms with Gasteiger partial charge in [0.2, 0.25) is 0 Å². The van der Waals surface area contributed by atoms with Crippen LogP contribution in [0.3, 0.4) is 0 Å². The fraction of sp³-hybridized carbons (Fsp3) is 0.812. The molecule has 10 nitrogen and oxygen atoms in total. The Labute approximate surface area is 173 Å². The van der Waals surface area contributed by atoms with Crippen molar-refractivity contribution in [3.63, 3.8) is 0 Å². The number of fused-ring (bicyclic) bond motifs is 1. The van der Waals surface area contributed by atoms with Gasteiger partial charge in [-0.1, -0.05) is 5.21 Å². The maximum Gasteiger partial charge on any atom is 2.00 e. The molecule has 0 saturated carbocycles. The number of aromatic nitrogens is 4. The topological polar surface area (TPSA) is 114 Å². The number of nitrogens with zero attached hydrogens (tertiary/aromatic N) is 6. The van der Waals surface area contributed by atoms with Crippen LogP contribution in [0.15, 0.2) is 0 Å². The fourth-order valence-electron chi connectivity index (χ4n) is 2.79. The van der Waals surface area contributed by atoms with Crippen LogP contribution in [0, 0.1) is 18.2 Å². The molecule has 1 amide bonds. The van der Waals surface area contributed by atoms with Gasteiger partial charge in [-0.25, -0.2) is 15.9 Å². The van der Waals surface area contributed by atoms with E-state index in [0.29, 0.717) is 18.4 Å². The molecule has 2 unspecified atom stereocenters. The summed E-state index contributed by atoms with van der Waals surface area (Å²) in [6.45, 7) is 11.3. The van der Waals surface area contributed by atoms with Gasteiger partial charge in [0.1, 0.15) is 5.60 Å². The van der Waals surface area contributed by atoms with Crippen LogP contribution in [-0.4, -0.2) is 75.6 Å². The number of rotatable bonds is 3. The maximum atomic E-state index is 11.8. The third-order valence-electron chi connectivity index (χ3n) is 3.88. The van der Waals surface area contributed by atoms with Crippen LogP contribution in [0.5, 0.6) is 0 Å². The Morgan fingerprint density at radius 3 is 2.33 bits per heavy atom. The van der Waals surface area contributed by atoms with Crippen molar-refractivity contribution in [1.29, 1.82) is 0 Å². The van der Waals surface area contributed by atoms with Crippen molar-refractivity contribution in [2.45, 2.75) is 39.8 Å². The predicted molar refractivity (Wildman–Crippen MR) is 91.2 cm³/mol. The molecule has 1 aromatic rings. The Morgan fingerprint density at radius 2 is 1.85 bits per heavy atom. The van der Waals surface area contributed by atoms with Gasteiger partial charge in [-0.05, 0) is 39.5 Å². The number of amides is 1. The summed E-state index contributed by atoms with van der Waals surface area (Å²) in [6.07, 6.45) is 2.05. The third-order valence-corrected chi connectivity index (χ3v) is 3.88. The van der Waals surface area contributed by atoms with E-state index in [1.54, 1.807) is 6.92 Å². The molecule has 2 saturated heterocycles. The Hall–Kier alpha value is -1.54. The van der Waals surface area contributed by atoms with Crippen LogP contribution in [0.2, 0.25) is 0 Å². The molecule has 2 fully saturated rings. The number of carbonyl (C=O) groups excluding carboxylic acids is 2. The summed E-state index contributed by atoms with van der Waals surface area (Å²) in [5, 5.41) is 14.6. The Balaban J connectivity index is 0.000000273. The van der Waals surface area contributed by atoms with Gasteiger partial charge >= 0.3 is 33.1 Å². The standard InChI is InChI=1S/C11H19N2O2.C5H7N4O2.W/c1-11(2,3)15-10(14)13-6-8-4-12-5-9(8)7-13;1-2-11-5(10)3-9-7-4-6-8-9;/h8-9H,4-7H2,1-3H3;2-3H2,1H3;/q2*-1;+2. The van der Waals surface area contributed by atoms with Crippen molar-refractivity contribution in [2.24, 2.45) is 11.8 Å². The maximum absolute atomic E-state index is 11.8. The molecule has 2 aliphatic heterocycles. The first-order chi connectivity index (χ1) is 12.3. The summed E-state index contributed by atoms with van der Waals surface area (Å²) in [6, 6.07) is 0. The number of ether oxygens (including phenoxy) is 2. The van der Waals surface area contributed by atoms with Gasteiger partial charge in [0.15, 0.2) is 6.54 Å². The Morgan fingerprint density at radius 1 is 1.22 bits per heavy atom. The largest absolute Gasteiger partial charge is 2.00 e. The van der Waals surface area contributed by atoms with E-state index in [2.05, 4.69) is 31.8 Å². The van der Waals surface area contributed by atoms with E-state index in [-0.39, 0.29) is 45.3 Å². The van der Waals surface area contributed by atoms with Gasteiger partial charge < -0.3 is 29.9 Å². The number of hydrogen-bond acceptors (Lipinski definition) is 7. The predicted octanol–water partition coefficient (Wildman–Crippen LogP) is 0.891. The molecule has 11 heteroatoms. The SMILES string of the molecule is CC(C)(C)OC(=O)N1CC2C[N-]CC2C1.CCOC(=O)Cn1n[c-]nn1.[W+2]. The van der Waals surface area contributed by atoms with Crippen LogP contribution in [-0.2, 0) is 41.9 Å². The van der Waals surface area contributed by atoms with Crippen LogP contribution < -0.4 is 0 Å². The molecule has 3 heterocycles. The molecule has 150 valence electrons. The van der Waals surface area contributed by atoms with Crippen molar-refractivity contribution >= 4 is 12.1 Å². The van der Waals surface area contributed by atoms with Crippen molar-refractivity contribution < 1.29 is 40.1 Å². The normalized spacial score (nSPS) is 20.8. The first-order valence-corrected chi connectivity index (χ1v) is 8.69. The minimum Gasteiger partial charge on any atom is -0.662 e. The molecule has 0 N–H and O–H groups in total. The molecular weight excluding hydrogens is 524 g/mol. The van der Waals surface area contributed by atoms with Gasteiger partial charge in [0, 0.05) is 13.1 Å². The molecule has 0 bridgehead atoms. The number of likely N-dealkylation sites (tertiary alicyclic amines) is 1. The zero-order valence-electron chi connectivity index (χ0n) is 16.1. The number of tetrazole rings is 1. The number of carbonyl (C=O) groups is 2. The van der Waals surface area contributed by atoms with Gasteiger partial charge in [-0.3, -0.25) is 0 Å². The minimum absolute atomic E-state index is 0. The van der Waals surface area contributed by atoms with Crippen LogP contribution >= 0.6 is 0 Å². The Kier molecular flexibility index (Phi) is 9.32. The minimum atomic E-state index is -0.390. The zero-order chi connectivity index (χ0) is 19.2. The summed E-state index contributed by atoms with van der Waals surface area (Å²) in [4.78, 5) is 25.4. The molecule has 0 spiro atoms. The summed E-state index contributed by atoms with van der Waals surface area (Å²) >= 11 is 0. The van der Waals surface area contributed by atoms with Crippen LogP contribution in [0.25, 0.3) is 5.32 Å². The molecule has 1 aromatic heterocycles. The molecule has 3 rings (SSSR count). The smallest absolute Gasteiger partial charge is 0.662 e. The van der Waals surface area contributed by atoms with Gasteiger partial charge in [0.25, 0.3) is 0 Å².